The number of piperazine rings is 1. The van der Waals surface area contributed by atoms with Gasteiger partial charge in [-0.1, -0.05) is 41.9 Å². The molecular formula is C21H20ClN3OS. The van der Waals surface area contributed by atoms with E-state index in [-0.39, 0.29) is 5.91 Å². The van der Waals surface area contributed by atoms with E-state index in [1.807, 2.05) is 30.3 Å². The number of anilines is 1. The highest BCUT2D eigenvalue weighted by Gasteiger charge is 2.28. The van der Waals surface area contributed by atoms with Crippen LogP contribution in [0.3, 0.4) is 0 Å². The summed E-state index contributed by atoms with van der Waals surface area (Å²) in [5.74, 6) is -0.161. The third-order valence-corrected chi connectivity index (χ3v) is 6.08. The fraction of sp³-hybridized carbons (Fsp3) is 0.238. The molecule has 0 unspecified atom stereocenters. The number of hydrogen-bond acceptors (Lipinski definition) is 4. The molecule has 0 aliphatic carbocycles. The molecule has 0 bridgehead atoms. The lowest BCUT2D eigenvalue weighted by Crippen LogP contribution is -2.48. The smallest absolute Gasteiger partial charge is 0.286 e. The summed E-state index contributed by atoms with van der Waals surface area (Å²) in [6.07, 6.45) is 1.88. The predicted molar refractivity (Wildman–Crippen MR) is 114 cm³/mol. The molecule has 0 N–H and O–H groups in total. The van der Waals surface area contributed by atoms with Crippen LogP contribution < -0.4 is 4.90 Å². The van der Waals surface area contributed by atoms with E-state index < -0.39 is 0 Å². The molecule has 2 aromatic carbocycles. The molecular weight excluding hydrogens is 378 g/mol. The number of carbonyl (C=O) groups is 1. The Balaban J connectivity index is 1.41. The number of nitrogens with zero attached hydrogens (tertiary/aromatic N) is 3. The highest BCUT2D eigenvalue weighted by Crippen LogP contribution is 2.31. The second kappa shape index (κ2) is 7.79. The van der Waals surface area contributed by atoms with Crippen LogP contribution in [-0.2, 0) is 4.79 Å². The van der Waals surface area contributed by atoms with Gasteiger partial charge in [0, 0.05) is 36.9 Å². The molecule has 138 valence electrons. The first-order valence-electron chi connectivity index (χ1n) is 8.94. The number of halogens is 1. The number of benzene rings is 2. The molecule has 0 atom stereocenters. The second-order valence-corrected chi connectivity index (χ2v) is 8.07. The van der Waals surface area contributed by atoms with Crippen molar-refractivity contribution in [2.24, 2.45) is 4.99 Å². The largest absolute Gasteiger partial charge is 0.368 e. The van der Waals surface area contributed by atoms with Crippen molar-refractivity contribution in [1.29, 1.82) is 0 Å². The van der Waals surface area contributed by atoms with Gasteiger partial charge in [-0.15, -0.1) is 0 Å². The fourth-order valence-electron chi connectivity index (χ4n) is 3.30. The van der Waals surface area contributed by atoms with E-state index in [1.165, 1.54) is 23.0 Å². The van der Waals surface area contributed by atoms with Crippen molar-refractivity contribution >= 4 is 46.2 Å². The summed E-state index contributed by atoms with van der Waals surface area (Å²) in [4.78, 5) is 21.8. The van der Waals surface area contributed by atoms with Gasteiger partial charge < -0.3 is 9.80 Å². The Labute approximate surface area is 168 Å². The van der Waals surface area contributed by atoms with Crippen LogP contribution in [0.15, 0.2) is 58.4 Å². The molecule has 1 fully saturated rings. The number of amidine groups is 1. The van der Waals surface area contributed by atoms with Crippen molar-refractivity contribution in [3.8, 4) is 0 Å². The lowest BCUT2D eigenvalue weighted by molar-refractivity contribution is -0.113. The SMILES string of the molecule is Cc1ccccc1N1CCN(C2=NC(=O)C(=Cc3ccc(Cl)cc3)S2)CC1. The molecule has 2 aliphatic heterocycles. The van der Waals surface area contributed by atoms with Gasteiger partial charge in [-0.25, -0.2) is 0 Å². The van der Waals surface area contributed by atoms with Crippen molar-refractivity contribution in [2.45, 2.75) is 6.92 Å². The number of hydrogen-bond donors (Lipinski definition) is 0. The normalized spacial score (nSPS) is 19.0. The van der Waals surface area contributed by atoms with Crippen LogP contribution in [0, 0.1) is 6.92 Å². The van der Waals surface area contributed by atoms with Gasteiger partial charge in [0.15, 0.2) is 5.17 Å². The Morgan fingerprint density at radius 3 is 2.37 bits per heavy atom. The van der Waals surface area contributed by atoms with Crippen LogP contribution in [0.2, 0.25) is 5.02 Å². The maximum Gasteiger partial charge on any atom is 0.286 e. The van der Waals surface area contributed by atoms with Crippen molar-refractivity contribution in [3.63, 3.8) is 0 Å². The van der Waals surface area contributed by atoms with E-state index in [0.717, 1.165) is 36.9 Å². The molecule has 2 heterocycles. The first kappa shape index (κ1) is 18.1. The molecule has 4 rings (SSSR count). The zero-order chi connectivity index (χ0) is 18.8. The van der Waals surface area contributed by atoms with Gasteiger partial charge in [0.1, 0.15) is 0 Å². The number of amides is 1. The van der Waals surface area contributed by atoms with Gasteiger partial charge in [0.05, 0.1) is 4.91 Å². The highest BCUT2D eigenvalue weighted by atomic mass is 35.5. The van der Waals surface area contributed by atoms with Crippen molar-refractivity contribution in [3.05, 3.63) is 69.6 Å². The summed E-state index contributed by atoms with van der Waals surface area (Å²) in [6, 6.07) is 15.9. The van der Waals surface area contributed by atoms with Crippen molar-refractivity contribution in [1.82, 2.24) is 4.90 Å². The van der Waals surface area contributed by atoms with Gasteiger partial charge in [-0.3, -0.25) is 4.79 Å². The monoisotopic (exact) mass is 397 g/mol. The standard InChI is InChI=1S/C21H20ClN3OS/c1-15-4-2-3-5-18(15)24-10-12-25(13-11-24)21-23-20(26)19(27-21)14-16-6-8-17(22)9-7-16/h2-9,14H,10-13H2,1H3. The van der Waals surface area contributed by atoms with Crippen LogP contribution in [0.4, 0.5) is 5.69 Å². The van der Waals surface area contributed by atoms with E-state index in [0.29, 0.717) is 9.93 Å². The van der Waals surface area contributed by atoms with E-state index in [9.17, 15) is 4.79 Å². The first-order chi connectivity index (χ1) is 13.1. The topological polar surface area (TPSA) is 35.9 Å². The Kier molecular flexibility index (Phi) is 5.23. The minimum absolute atomic E-state index is 0.161. The third-order valence-electron chi connectivity index (χ3n) is 4.78. The average molecular weight is 398 g/mol. The average Bonchev–Trinajstić information content (AvgIpc) is 3.05. The minimum Gasteiger partial charge on any atom is -0.368 e. The van der Waals surface area contributed by atoms with Crippen LogP contribution in [-0.4, -0.2) is 42.2 Å². The van der Waals surface area contributed by atoms with Crippen LogP contribution >= 0.6 is 23.4 Å². The molecule has 0 spiro atoms. The van der Waals surface area contributed by atoms with Crippen molar-refractivity contribution in [2.75, 3.05) is 31.1 Å². The molecule has 6 heteroatoms. The van der Waals surface area contributed by atoms with E-state index in [4.69, 9.17) is 11.6 Å². The summed E-state index contributed by atoms with van der Waals surface area (Å²) in [5, 5.41) is 1.50. The predicted octanol–water partition coefficient (Wildman–Crippen LogP) is 4.44. The maximum absolute atomic E-state index is 12.3. The molecule has 0 aromatic heterocycles. The fourth-order valence-corrected chi connectivity index (χ4v) is 4.39. The number of para-hydroxylation sites is 1. The number of carbonyl (C=O) groups excluding carboxylic acids is 1. The Morgan fingerprint density at radius 2 is 1.67 bits per heavy atom. The Bertz CT molecular complexity index is 915. The van der Waals surface area contributed by atoms with E-state index in [1.54, 1.807) is 0 Å². The lowest BCUT2D eigenvalue weighted by atomic mass is 10.1. The van der Waals surface area contributed by atoms with Crippen LogP contribution in [0.25, 0.3) is 6.08 Å². The number of aliphatic imine (C=N–C) groups is 1. The third kappa shape index (κ3) is 4.04. The molecule has 1 saturated heterocycles. The zero-order valence-electron chi connectivity index (χ0n) is 15.1. The van der Waals surface area contributed by atoms with E-state index >= 15 is 0 Å². The van der Waals surface area contributed by atoms with E-state index in [2.05, 4.69) is 46.0 Å². The van der Waals surface area contributed by atoms with Crippen LogP contribution in [0.1, 0.15) is 11.1 Å². The molecule has 2 aromatic rings. The van der Waals surface area contributed by atoms with Gasteiger partial charge in [0.25, 0.3) is 5.91 Å². The summed E-state index contributed by atoms with van der Waals surface area (Å²) in [7, 11) is 0. The second-order valence-electron chi connectivity index (χ2n) is 6.62. The van der Waals surface area contributed by atoms with Gasteiger partial charge in [-0.05, 0) is 54.1 Å². The maximum atomic E-state index is 12.3. The lowest BCUT2D eigenvalue weighted by Gasteiger charge is -2.37. The number of rotatable bonds is 2. The molecule has 4 nitrogen and oxygen atoms in total. The Morgan fingerprint density at radius 1 is 1.00 bits per heavy atom. The van der Waals surface area contributed by atoms with Crippen LogP contribution in [0.5, 0.6) is 0 Å². The molecule has 1 amide bonds. The van der Waals surface area contributed by atoms with Gasteiger partial charge >= 0.3 is 0 Å². The molecule has 2 aliphatic rings. The number of thioether (sulfide) groups is 1. The molecule has 0 radical (unpaired) electrons. The summed E-state index contributed by atoms with van der Waals surface area (Å²) < 4.78 is 0. The molecule has 0 saturated carbocycles. The summed E-state index contributed by atoms with van der Waals surface area (Å²) in [5.41, 5.74) is 3.54. The number of aryl methyl sites for hydroxylation is 1. The molecule has 27 heavy (non-hydrogen) atoms. The summed E-state index contributed by atoms with van der Waals surface area (Å²) >= 11 is 7.38. The van der Waals surface area contributed by atoms with Gasteiger partial charge in [-0.2, -0.15) is 4.99 Å². The minimum atomic E-state index is -0.161. The first-order valence-corrected chi connectivity index (χ1v) is 10.1. The Hall–Kier alpha value is -2.24. The zero-order valence-corrected chi connectivity index (χ0v) is 16.6. The summed E-state index contributed by atoms with van der Waals surface area (Å²) in [6.45, 7) is 5.72. The van der Waals surface area contributed by atoms with Crippen molar-refractivity contribution < 1.29 is 4.79 Å². The highest BCUT2D eigenvalue weighted by molar-refractivity contribution is 8.18. The quantitative estimate of drug-likeness (QED) is 0.702. The van der Waals surface area contributed by atoms with Gasteiger partial charge in [0.2, 0.25) is 0 Å².